The number of nitriles is 2. The average molecular weight is 841 g/mol. The molecule has 0 unspecified atom stereocenters. The van der Waals surface area contributed by atoms with Crippen molar-refractivity contribution in [2.75, 3.05) is 42.8 Å². The number of sulfonamides is 2. The molecule has 6 rings (SSSR count). The van der Waals surface area contributed by atoms with E-state index >= 15 is 0 Å². The Bertz CT molecular complexity index is 2930. The maximum absolute atomic E-state index is 11.7. The third-order valence-electron chi connectivity index (χ3n) is 8.97. The van der Waals surface area contributed by atoms with Crippen molar-refractivity contribution < 1.29 is 57.3 Å². The normalized spacial score (nSPS) is 10.5. The Kier molecular flexibility index (Phi) is 16.3. The molecule has 0 aliphatic carbocycles. The van der Waals surface area contributed by atoms with E-state index in [1.807, 2.05) is 59.4 Å². The van der Waals surface area contributed by atoms with Gasteiger partial charge in [-0.1, -0.05) is 19.3 Å². The molecule has 0 bridgehead atoms. The van der Waals surface area contributed by atoms with Crippen molar-refractivity contribution in [3.05, 3.63) is 119 Å². The molecule has 6 aromatic rings. The second kappa shape index (κ2) is 20.2. The van der Waals surface area contributed by atoms with Crippen molar-refractivity contribution >= 4 is 53.2 Å². The van der Waals surface area contributed by atoms with Crippen LogP contribution in [-0.2, 0) is 33.1 Å². The van der Waals surface area contributed by atoms with Gasteiger partial charge in [-0.25, -0.2) is 16.8 Å². The molecule has 1 N–H and O–H groups in total. The Hall–Kier alpha value is -5.84. The molecule has 59 heavy (non-hydrogen) atoms. The number of hydrogen-bond acceptors (Lipinski definition) is 8. The fourth-order valence-electron chi connectivity index (χ4n) is 6.10. The molecule has 0 radical (unpaired) electrons. The number of rotatable bonds is 8. The first-order chi connectivity index (χ1) is 27.2. The summed E-state index contributed by atoms with van der Waals surface area (Å²) in [6, 6.07) is 29.4. The molecule has 4 aromatic carbocycles. The third-order valence-corrected chi connectivity index (χ3v) is 10.8. The molecule has 12 nitrogen and oxygen atoms in total. The van der Waals surface area contributed by atoms with Gasteiger partial charge in [0.15, 0.2) is 0 Å². The van der Waals surface area contributed by atoms with Crippen molar-refractivity contribution in [1.82, 2.24) is 9.13 Å². The number of methoxy groups -OCH3 is 2. The van der Waals surface area contributed by atoms with E-state index < -0.39 is 20.0 Å². The molecule has 15 heteroatoms. The van der Waals surface area contributed by atoms with Crippen LogP contribution in [0.2, 0.25) is 0 Å². The minimum atomic E-state index is -3.32. The molecule has 0 saturated carbocycles. The topological polar surface area (TPSA) is 159 Å². The zero-order valence-electron chi connectivity index (χ0n) is 34.5. The Morgan fingerprint density at radius 3 is 1.42 bits per heavy atom. The van der Waals surface area contributed by atoms with Gasteiger partial charge in [-0.15, -0.1) is 0 Å². The van der Waals surface area contributed by atoms with Gasteiger partial charge < -0.3 is 20.0 Å². The van der Waals surface area contributed by atoms with Gasteiger partial charge in [0, 0.05) is 59.9 Å². The van der Waals surface area contributed by atoms with Crippen LogP contribution in [0.1, 0.15) is 56.3 Å². The van der Waals surface area contributed by atoms with Crippen LogP contribution >= 0.6 is 0 Å². The van der Waals surface area contributed by atoms with Gasteiger partial charge >= 0.3 is 29.6 Å². The van der Waals surface area contributed by atoms with Gasteiger partial charge in [0.05, 0.1) is 54.6 Å². The maximum atomic E-state index is 11.7. The van der Waals surface area contributed by atoms with Crippen LogP contribution in [0.25, 0.3) is 21.8 Å². The van der Waals surface area contributed by atoms with Gasteiger partial charge in [-0.05, 0) is 98.5 Å². The second-order valence-corrected chi connectivity index (χ2v) is 16.4. The third kappa shape index (κ3) is 11.0. The molecule has 0 amide bonds. The van der Waals surface area contributed by atoms with Crippen molar-refractivity contribution in [2.24, 2.45) is 0 Å². The van der Waals surface area contributed by atoms with E-state index in [-0.39, 0.29) is 38.4 Å². The Labute approximate surface area is 370 Å². The molecule has 0 spiro atoms. The van der Waals surface area contributed by atoms with Crippen LogP contribution in [0.3, 0.4) is 0 Å². The number of hydrogen-bond donors (Lipinski definition) is 1. The molecule has 2 heterocycles. The zero-order valence-corrected chi connectivity index (χ0v) is 37.1. The molecular weight excluding hydrogens is 796 g/mol. The van der Waals surface area contributed by atoms with E-state index in [1.165, 1.54) is 11.4 Å². The minimum Gasteiger partial charge on any atom is -1.00 e. The van der Waals surface area contributed by atoms with Gasteiger partial charge in [0.1, 0.15) is 35.0 Å². The number of aromatic nitrogens is 2. The molecule has 300 valence electrons. The summed E-state index contributed by atoms with van der Waals surface area (Å²) in [6.45, 7) is 5.32. The number of ether oxygens (including phenoxy) is 2. The quantitative estimate of drug-likeness (QED) is 0.175. The largest absolute Gasteiger partial charge is 1.00 e. The standard InChI is InChI=1S/C22H21N3O3S.C21H19N3O3S.CH4.Na.H/c1-5-25-21(20(15-23)19-12-11-18(28-3)14-22(19)25)13-8-16-6-9-17(10-7-16)24(2)29(4,26)27;1-4-24-20(19(14-22)18-11-10-17(27-2)13-21(18)24)12-7-15-5-8-16(9-6-15)23-28(3,25)26;;;/h6-7,9-12,14H,5H2,1-4H3;5-6,8-11,13,23H,4H2,1-3H3;1H4;;/q;;;+1;-1. The van der Waals surface area contributed by atoms with E-state index in [9.17, 15) is 27.4 Å². The van der Waals surface area contributed by atoms with Gasteiger partial charge in [-0.3, -0.25) is 9.03 Å². The summed E-state index contributed by atoms with van der Waals surface area (Å²) in [5, 5.41) is 21.0. The average Bonchev–Trinajstić information content (AvgIpc) is 3.68. The van der Waals surface area contributed by atoms with Crippen LogP contribution in [0.5, 0.6) is 11.5 Å². The molecular formula is C44H45N6NaO6S2. The predicted octanol–water partition coefficient (Wildman–Crippen LogP) is 4.40. The Balaban J connectivity index is 0.000000394. The first-order valence-electron chi connectivity index (χ1n) is 17.5. The summed E-state index contributed by atoms with van der Waals surface area (Å²) in [4.78, 5) is 0. The maximum Gasteiger partial charge on any atom is 1.00 e. The van der Waals surface area contributed by atoms with E-state index in [1.54, 1.807) is 62.8 Å². The SMILES string of the molecule is C.CCn1c(C#Cc2ccc(N(C)S(C)(=O)=O)cc2)c(C#N)c2ccc(OC)cc21.CCn1c(C#Cc2ccc(NS(C)(=O)=O)cc2)c(C#N)c2ccc(OC)cc21.[H-].[Na+]. The number of fused-ring (bicyclic) bond motifs is 2. The van der Waals surface area contributed by atoms with Crippen LogP contribution in [0.4, 0.5) is 11.4 Å². The van der Waals surface area contributed by atoms with E-state index in [4.69, 9.17) is 9.47 Å². The number of nitrogens with zero attached hydrogens (tertiary/aromatic N) is 5. The number of anilines is 2. The molecule has 0 atom stereocenters. The minimum absolute atomic E-state index is 0. The Morgan fingerprint density at radius 1 is 0.678 bits per heavy atom. The van der Waals surface area contributed by atoms with Crippen LogP contribution in [0.15, 0.2) is 84.9 Å². The predicted molar refractivity (Wildman–Crippen MR) is 232 cm³/mol. The van der Waals surface area contributed by atoms with E-state index in [0.717, 1.165) is 51.4 Å². The molecule has 0 fully saturated rings. The van der Waals surface area contributed by atoms with Crippen molar-refractivity contribution in [2.45, 2.75) is 34.4 Å². The molecule has 0 aliphatic heterocycles. The summed E-state index contributed by atoms with van der Waals surface area (Å²) < 4.78 is 64.1. The summed E-state index contributed by atoms with van der Waals surface area (Å²) in [5.74, 6) is 13.8. The molecule has 0 aliphatic rings. The van der Waals surface area contributed by atoms with Crippen molar-refractivity contribution in [3.8, 4) is 47.3 Å². The first kappa shape index (κ1) is 47.5. The van der Waals surface area contributed by atoms with E-state index in [0.29, 0.717) is 52.5 Å². The summed E-state index contributed by atoms with van der Waals surface area (Å²) in [6.07, 6.45) is 2.26. The molecule has 2 aromatic heterocycles. The van der Waals surface area contributed by atoms with Gasteiger partial charge in [0.25, 0.3) is 0 Å². The van der Waals surface area contributed by atoms with Gasteiger partial charge in [-0.2, -0.15) is 10.5 Å². The summed E-state index contributed by atoms with van der Waals surface area (Å²) >= 11 is 0. The second-order valence-electron chi connectivity index (χ2n) is 12.7. The fraction of sp³-hybridized carbons (Fsp3) is 0.227. The Morgan fingerprint density at radius 2 is 1.08 bits per heavy atom. The summed E-state index contributed by atoms with van der Waals surface area (Å²) in [7, 11) is -1.92. The number of nitrogens with one attached hydrogen (secondary N) is 1. The fourth-order valence-corrected chi connectivity index (χ4v) is 7.17. The smallest absolute Gasteiger partial charge is 1.00 e. The van der Waals surface area contributed by atoms with Crippen molar-refractivity contribution in [3.63, 3.8) is 0 Å². The van der Waals surface area contributed by atoms with Crippen LogP contribution < -0.4 is 48.1 Å². The summed E-state index contributed by atoms with van der Waals surface area (Å²) in [5.41, 5.74) is 6.63. The first-order valence-corrected chi connectivity index (χ1v) is 21.3. The van der Waals surface area contributed by atoms with E-state index in [2.05, 4.69) is 40.5 Å². The zero-order chi connectivity index (χ0) is 41.5. The monoisotopic (exact) mass is 840 g/mol. The number of benzene rings is 4. The van der Waals surface area contributed by atoms with Crippen molar-refractivity contribution in [1.29, 1.82) is 10.5 Å². The van der Waals surface area contributed by atoms with Crippen LogP contribution in [0, 0.1) is 46.3 Å². The molecule has 0 saturated heterocycles. The number of aryl methyl sites for hydroxylation is 2. The van der Waals surface area contributed by atoms with Gasteiger partial charge in [0.2, 0.25) is 20.0 Å². The van der Waals surface area contributed by atoms with Crippen LogP contribution in [-0.4, -0.2) is 59.7 Å².